The van der Waals surface area contributed by atoms with Gasteiger partial charge < -0.3 is 10.6 Å². The van der Waals surface area contributed by atoms with E-state index in [4.69, 9.17) is 0 Å². The first-order valence-electron chi connectivity index (χ1n) is 11.0. The maximum Gasteiger partial charge on any atom is 0.295 e. The third-order valence-corrected chi connectivity index (χ3v) is 8.75. The third kappa shape index (κ3) is 5.08. The molecule has 0 radical (unpaired) electrons. The second kappa shape index (κ2) is 10.1. The van der Waals surface area contributed by atoms with Crippen LogP contribution < -0.4 is 10.6 Å². The summed E-state index contributed by atoms with van der Waals surface area (Å²) in [5, 5.41) is 6.63. The molecule has 3 aromatic heterocycles. The smallest absolute Gasteiger partial charge is 0.295 e. The first-order chi connectivity index (χ1) is 16.9. The minimum absolute atomic E-state index is 0.0188. The van der Waals surface area contributed by atoms with Crippen LogP contribution >= 0.6 is 40.2 Å². The summed E-state index contributed by atoms with van der Waals surface area (Å²) in [5.41, 5.74) is 5.26. The molecule has 3 heterocycles. The van der Waals surface area contributed by atoms with Crippen molar-refractivity contribution in [1.82, 2.24) is 24.3 Å². The van der Waals surface area contributed by atoms with Crippen LogP contribution in [0.1, 0.15) is 48.0 Å². The highest BCUT2D eigenvalue weighted by Crippen LogP contribution is 2.43. The lowest BCUT2D eigenvalue weighted by Gasteiger charge is -2.14. The molecule has 1 aliphatic rings. The topological polar surface area (TPSA) is 80.6 Å². The predicted molar refractivity (Wildman–Crippen MR) is 148 cm³/mol. The Morgan fingerprint density at radius 3 is 2.51 bits per heavy atom. The lowest BCUT2D eigenvalue weighted by molar-refractivity contribution is 0.140. The molecule has 5 rings (SSSR count). The van der Waals surface area contributed by atoms with Crippen LogP contribution in [0, 0.1) is 13.8 Å². The van der Waals surface area contributed by atoms with E-state index in [1.165, 1.54) is 22.7 Å². The average molecular weight is 625 g/mol. The molecule has 0 aliphatic heterocycles. The molecule has 35 heavy (non-hydrogen) atoms. The van der Waals surface area contributed by atoms with Crippen LogP contribution in [0.5, 0.6) is 0 Å². The largest absolute Gasteiger partial charge is 0.353 e. The van der Waals surface area contributed by atoms with Crippen LogP contribution in [0.4, 0.5) is 31.8 Å². The van der Waals surface area contributed by atoms with E-state index in [-0.39, 0.29) is 12.2 Å². The Hall–Kier alpha value is -2.11. The molecule has 1 atom stereocenters. The molecule has 182 valence electrons. The summed E-state index contributed by atoms with van der Waals surface area (Å²) in [5.74, 6) is 1.35. The van der Waals surface area contributed by atoms with Crippen molar-refractivity contribution in [1.29, 1.82) is 0 Å². The molecule has 4 aromatic rings. The summed E-state index contributed by atoms with van der Waals surface area (Å²) in [6, 6.07) is 8.18. The minimum Gasteiger partial charge on any atom is -0.353 e. The number of aromatic nitrogens is 5. The zero-order chi connectivity index (χ0) is 24.7. The molecule has 1 fully saturated rings. The van der Waals surface area contributed by atoms with Gasteiger partial charge in [-0.25, -0.2) is 23.7 Å². The van der Waals surface area contributed by atoms with E-state index in [0.29, 0.717) is 34.4 Å². The third-order valence-electron chi connectivity index (χ3n) is 5.91. The minimum atomic E-state index is -2.71. The van der Waals surface area contributed by atoms with Gasteiger partial charge in [-0.1, -0.05) is 6.07 Å². The molecule has 2 N–H and O–H groups in total. The average Bonchev–Trinajstić information content (AvgIpc) is 3.62. The van der Waals surface area contributed by atoms with Gasteiger partial charge >= 0.3 is 0 Å². The van der Waals surface area contributed by atoms with Gasteiger partial charge in [-0.2, -0.15) is 0 Å². The first-order valence-corrected chi connectivity index (χ1v) is 16.3. The van der Waals surface area contributed by atoms with E-state index in [1.807, 2.05) is 20.1 Å². The summed E-state index contributed by atoms with van der Waals surface area (Å²) < 4.78 is 29.1. The number of thioether (sulfide) groups is 1. The molecule has 1 aromatic carbocycles. The number of alkyl halides is 2. The lowest BCUT2D eigenvalue weighted by atomic mass is 10.1. The predicted octanol–water partition coefficient (Wildman–Crippen LogP) is 7.65. The van der Waals surface area contributed by atoms with Gasteiger partial charge in [0.2, 0.25) is 0 Å². The lowest BCUT2D eigenvalue weighted by Crippen LogP contribution is -2.03. The van der Waals surface area contributed by atoms with Crippen molar-refractivity contribution in [3.05, 3.63) is 53.2 Å². The molecule has 7 nitrogen and oxygen atoms in total. The van der Waals surface area contributed by atoms with E-state index >= 15 is 0 Å². The van der Waals surface area contributed by atoms with Crippen molar-refractivity contribution in [3.8, 4) is 0 Å². The van der Waals surface area contributed by atoms with Gasteiger partial charge in [0.05, 0.1) is 35.3 Å². The number of hydrogen-bond acceptors (Lipinski definition) is 7. The highest BCUT2D eigenvalue weighted by molar-refractivity contribution is 14.2. The number of halogens is 3. The van der Waals surface area contributed by atoms with Crippen molar-refractivity contribution in [2.24, 2.45) is 0 Å². The van der Waals surface area contributed by atoms with Crippen LogP contribution in [-0.2, 0) is 0 Å². The van der Waals surface area contributed by atoms with Crippen molar-refractivity contribution in [2.45, 2.75) is 43.9 Å². The molecule has 0 spiro atoms. The Kier molecular flexibility index (Phi) is 7.09. The van der Waals surface area contributed by atoms with Crippen molar-refractivity contribution >= 4 is 74.4 Å². The summed E-state index contributed by atoms with van der Waals surface area (Å²) in [7, 11) is 0. The van der Waals surface area contributed by atoms with Gasteiger partial charge in [0.15, 0.2) is 11.5 Å². The number of hydrogen-bond donors (Lipinski definition) is 2. The number of imidazole rings is 1. The quantitative estimate of drug-likeness (QED) is 0.118. The Morgan fingerprint density at radius 1 is 1.06 bits per heavy atom. The van der Waals surface area contributed by atoms with Gasteiger partial charge in [0.1, 0.15) is 17.2 Å². The van der Waals surface area contributed by atoms with Gasteiger partial charge in [0, 0.05) is 11.0 Å². The van der Waals surface area contributed by atoms with E-state index in [2.05, 4.69) is 70.8 Å². The monoisotopic (exact) mass is 625 g/mol. The standard InChI is InChI=1S/C23H23F2IN7PS/c1-11-12(2)28-19(10-27-11)30-18-9-16(20-22(31-18)33(34-26)23(32-20)21(24)25)29-15-7-6-14(13-4-5-13)8-17(15)35-3/h6-10,13,21,34H,4-5H2,1-3H3,(H2,28,29,30,31). The van der Waals surface area contributed by atoms with Crippen LogP contribution in [0.25, 0.3) is 11.2 Å². The molecule has 0 amide bonds. The number of rotatable bonds is 8. The van der Waals surface area contributed by atoms with Gasteiger partial charge in [-0.3, -0.25) is 9.32 Å². The number of pyridine rings is 1. The Labute approximate surface area is 220 Å². The number of fused-ring (bicyclic) bond motifs is 1. The van der Waals surface area contributed by atoms with E-state index in [9.17, 15) is 8.78 Å². The number of nitrogens with one attached hydrogen (secondary N) is 2. The first kappa shape index (κ1) is 24.6. The van der Waals surface area contributed by atoms with E-state index < -0.39 is 6.43 Å². The fraction of sp³-hybridized carbons (Fsp3) is 0.304. The van der Waals surface area contributed by atoms with E-state index in [0.717, 1.165) is 22.0 Å². The van der Waals surface area contributed by atoms with Crippen LogP contribution in [-0.4, -0.2) is 30.5 Å². The highest BCUT2D eigenvalue weighted by atomic mass is 127. The summed E-state index contributed by atoms with van der Waals surface area (Å²) in [6.45, 7) is 3.77. The molecule has 0 saturated heterocycles. The Balaban J connectivity index is 1.61. The molecule has 1 unspecified atom stereocenters. The normalized spacial score (nSPS) is 13.9. The maximum absolute atomic E-state index is 13.8. The highest BCUT2D eigenvalue weighted by Gasteiger charge is 2.25. The fourth-order valence-corrected chi connectivity index (χ4v) is 6.30. The number of benzene rings is 1. The van der Waals surface area contributed by atoms with Crippen LogP contribution in [0.15, 0.2) is 35.4 Å². The summed E-state index contributed by atoms with van der Waals surface area (Å²) in [4.78, 5) is 18.9. The summed E-state index contributed by atoms with van der Waals surface area (Å²) in [6.07, 6.45) is 3.43. The molecule has 1 saturated carbocycles. The van der Waals surface area contributed by atoms with Gasteiger partial charge in [-0.05, 0) is 78.6 Å². The van der Waals surface area contributed by atoms with Crippen molar-refractivity contribution in [3.63, 3.8) is 0 Å². The Bertz CT molecular complexity index is 1410. The molecule has 12 heteroatoms. The van der Waals surface area contributed by atoms with Gasteiger partial charge in [0.25, 0.3) is 6.43 Å². The molecule has 1 aliphatic carbocycles. The van der Waals surface area contributed by atoms with Crippen LogP contribution in [0.3, 0.4) is 0 Å². The number of nitrogens with zero attached hydrogens (tertiary/aromatic N) is 5. The SMILES string of the molecule is CSc1cc(C2CC2)ccc1Nc1cc(Nc2cnc(C)c(C)n2)nc2c1nc(C(F)F)n2PI. The molecule has 0 bridgehead atoms. The Morgan fingerprint density at radius 2 is 1.86 bits per heavy atom. The van der Waals surface area contributed by atoms with Crippen molar-refractivity contribution in [2.75, 3.05) is 16.9 Å². The maximum atomic E-state index is 13.8. The zero-order valence-electron chi connectivity index (χ0n) is 19.2. The molecular weight excluding hydrogens is 602 g/mol. The second-order valence-electron chi connectivity index (χ2n) is 8.33. The fourth-order valence-electron chi connectivity index (χ4n) is 3.81. The van der Waals surface area contributed by atoms with Gasteiger partial charge in [-0.15, -0.1) is 11.8 Å². The van der Waals surface area contributed by atoms with Crippen molar-refractivity contribution < 1.29 is 8.78 Å². The van der Waals surface area contributed by atoms with E-state index in [1.54, 1.807) is 24.0 Å². The second-order valence-corrected chi connectivity index (χ2v) is 11.2. The summed E-state index contributed by atoms with van der Waals surface area (Å²) >= 11 is 3.72. The molecular formula is C23H23F2IN7PS. The zero-order valence-corrected chi connectivity index (χ0v) is 23.2. The number of aryl methyl sites for hydroxylation is 2. The number of anilines is 4. The van der Waals surface area contributed by atoms with Crippen LogP contribution in [0.2, 0.25) is 0 Å².